The van der Waals surface area contributed by atoms with Gasteiger partial charge in [-0.25, -0.2) is 0 Å². The Balaban J connectivity index is 1.82. The highest BCUT2D eigenvalue weighted by Crippen LogP contribution is 2.26. The fourth-order valence-corrected chi connectivity index (χ4v) is 2.89. The zero-order chi connectivity index (χ0) is 18.5. The largest absolute Gasteiger partial charge is 0.497 e. The van der Waals surface area contributed by atoms with E-state index in [9.17, 15) is 4.79 Å². The van der Waals surface area contributed by atoms with Gasteiger partial charge in [-0.2, -0.15) is 5.10 Å². The predicted octanol–water partition coefficient (Wildman–Crippen LogP) is 4.23. The molecule has 0 radical (unpaired) electrons. The Morgan fingerprint density at radius 2 is 1.77 bits per heavy atom. The quantitative estimate of drug-likeness (QED) is 0.724. The molecule has 0 aliphatic heterocycles. The molecule has 0 unspecified atom stereocenters. The van der Waals surface area contributed by atoms with Gasteiger partial charge in [-0.15, -0.1) is 0 Å². The van der Waals surface area contributed by atoms with Gasteiger partial charge in [0.1, 0.15) is 5.75 Å². The van der Waals surface area contributed by atoms with Crippen LogP contribution in [-0.4, -0.2) is 41.2 Å². The third kappa shape index (κ3) is 3.61. The summed E-state index contributed by atoms with van der Waals surface area (Å²) >= 11 is 0. The van der Waals surface area contributed by atoms with Crippen LogP contribution in [0.2, 0.25) is 0 Å². The van der Waals surface area contributed by atoms with Gasteiger partial charge in [-0.3, -0.25) is 9.89 Å². The van der Waals surface area contributed by atoms with E-state index in [1.807, 2.05) is 73.3 Å². The Morgan fingerprint density at radius 1 is 1.04 bits per heavy atom. The van der Waals surface area contributed by atoms with Crippen LogP contribution in [0, 0.1) is 0 Å². The van der Waals surface area contributed by atoms with E-state index in [0.29, 0.717) is 18.7 Å². The highest BCUT2D eigenvalue weighted by Gasteiger charge is 2.13. The molecule has 0 bridgehead atoms. The molecule has 1 heterocycles. The molecule has 5 heteroatoms. The van der Waals surface area contributed by atoms with Crippen LogP contribution in [0.1, 0.15) is 24.2 Å². The van der Waals surface area contributed by atoms with Gasteiger partial charge in [0.15, 0.2) is 0 Å². The van der Waals surface area contributed by atoms with Crippen LogP contribution in [0.4, 0.5) is 0 Å². The number of H-pyrrole nitrogens is 1. The minimum atomic E-state index is 0.0585. The summed E-state index contributed by atoms with van der Waals surface area (Å²) < 4.78 is 5.27. The van der Waals surface area contributed by atoms with Crippen molar-refractivity contribution in [1.29, 1.82) is 0 Å². The number of rotatable bonds is 6. The van der Waals surface area contributed by atoms with Crippen LogP contribution in [0.15, 0.2) is 54.6 Å². The molecule has 1 N–H and O–H groups in total. The monoisotopic (exact) mass is 349 g/mol. The fourth-order valence-electron chi connectivity index (χ4n) is 2.89. The highest BCUT2D eigenvalue weighted by atomic mass is 16.5. The number of amides is 1. The van der Waals surface area contributed by atoms with Gasteiger partial charge in [-0.1, -0.05) is 24.3 Å². The van der Waals surface area contributed by atoms with E-state index in [-0.39, 0.29) is 5.91 Å². The number of aromatic nitrogens is 2. The summed E-state index contributed by atoms with van der Waals surface area (Å²) in [6, 6.07) is 17.4. The van der Waals surface area contributed by atoms with Gasteiger partial charge in [0.05, 0.1) is 18.5 Å². The van der Waals surface area contributed by atoms with Gasteiger partial charge in [0.25, 0.3) is 5.91 Å². The SMILES string of the molecule is CCN(CC)C(=O)c1ccc(-c2cc(-c3cccc(OC)c3)n[nH]2)cc1. The van der Waals surface area contributed by atoms with Crippen molar-refractivity contribution in [2.45, 2.75) is 13.8 Å². The second kappa shape index (κ2) is 7.87. The van der Waals surface area contributed by atoms with Crippen molar-refractivity contribution < 1.29 is 9.53 Å². The fraction of sp³-hybridized carbons (Fsp3) is 0.238. The smallest absolute Gasteiger partial charge is 0.253 e. The average molecular weight is 349 g/mol. The van der Waals surface area contributed by atoms with Crippen molar-refractivity contribution in [2.75, 3.05) is 20.2 Å². The van der Waals surface area contributed by atoms with Gasteiger partial charge in [-0.05, 0) is 49.7 Å². The summed E-state index contributed by atoms with van der Waals surface area (Å²) in [7, 11) is 1.65. The molecule has 0 spiro atoms. The minimum absolute atomic E-state index is 0.0585. The van der Waals surface area contributed by atoms with Crippen LogP contribution in [-0.2, 0) is 0 Å². The van der Waals surface area contributed by atoms with Crippen molar-refractivity contribution in [1.82, 2.24) is 15.1 Å². The van der Waals surface area contributed by atoms with E-state index in [2.05, 4.69) is 10.2 Å². The van der Waals surface area contributed by atoms with Crippen LogP contribution in [0.5, 0.6) is 5.75 Å². The van der Waals surface area contributed by atoms with Gasteiger partial charge in [0, 0.05) is 24.2 Å². The summed E-state index contributed by atoms with van der Waals surface area (Å²) in [6.45, 7) is 5.39. The molecule has 3 aromatic rings. The molecule has 0 aliphatic carbocycles. The minimum Gasteiger partial charge on any atom is -0.497 e. The summed E-state index contributed by atoms with van der Waals surface area (Å²) in [5.41, 5.74) is 4.43. The molecule has 3 rings (SSSR count). The number of hydrogen-bond donors (Lipinski definition) is 1. The molecular weight excluding hydrogens is 326 g/mol. The van der Waals surface area contributed by atoms with Crippen LogP contribution < -0.4 is 4.74 Å². The second-order valence-corrected chi connectivity index (χ2v) is 5.95. The number of carbonyl (C=O) groups excluding carboxylic acids is 1. The maximum absolute atomic E-state index is 12.4. The average Bonchev–Trinajstić information content (AvgIpc) is 3.19. The molecular formula is C21H23N3O2. The first-order chi connectivity index (χ1) is 12.7. The first kappa shape index (κ1) is 17.7. The Bertz CT molecular complexity index is 880. The molecule has 5 nitrogen and oxygen atoms in total. The lowest BCUT2D eigenvalue weighted by atomic mass is 10.1. The summed E-state index contributed by atoms with van der Waals surface area (Å²) in [5, 5.41) is 7.46. The lowest BCUT2D eigenvalue weighted by molar-refractivity contribution is 0.0773. The number of ether oxygens (including phenoxy) is 1. The van der Waals surface area contributed by atoms with Gasteiger partial charge >= 0.3 is 0 Å². The van der Waals surface area contributed by atoms with E-state index in [4.69, 9.17) is 4.74 Å². The lowest BCUT2D eigenvalue weighted by Crippen LogP contribution is -2.30. The summed E-state index contributed by atoms with van der Waals surface area (Å²) in [6.07, 6.45) is 0. The Morgan fingerprint density at radius 3 is 2.42 bits per heavy atom. The van der Waals surface area contributed by atoms with E-state index >= 15 is 0 Å². The zero-order valence-corrected chi connectivity index (χ0v) is 15.3. The van der Waals surface area contributed by atoms with Crippen LogP contribution in [0.3, 0.4) is 0 Å². The molecule has 134 valence electrons. The molecule has 1 aromatic heterocycles. The van der Waals surface area contributed by atoms with Crippen molar-refractivity contribution in [2.24, 2.45) is 0 Å². The second-order valence-electron chi connectivity index (χ2n) is 5.95. The summed E-state index contributed by atoms with van der Waals surface area (Å²) in [5.74, 6) is 0.856. The van der Waals surface area contributed by atoms with E-state index in [1.54, 1.807) is 7.11 Å². The molecule has 26 heavy (non-hydrogen) atoms. The van der Waals surface area contributed by atoms with Crippen molar-refractivity contribution in [3.63, 3.8) is 0 Å². The van der Waals surface area contributed by atoms with Crippen LogP contribution >= 0.6 is 0 Å². The number of carbonyl (C=O) groups is 1. The predicted molar refractivity (Wildman–Crippen MR) is 103 cm³/mol. The third-order valence-electron chi connectivity index (χ3n) is 4.44. The Labute approximate surface area is 153 Å². The number of nitrogens with zero attached hydrogens (tertiary/aromatic N) is 2. The number of aromatic amines is 1. The number of methoxy groups -OCH3 is 1. The van der Waals surface area contributed by atoms with E-state index < -0.39 is 0 Å². The molecule has 0 aliphatic rings. The normalized spacial score (nSPS) is 10.6. The Kier molecular flexibility index (Phi) is 5.37. The number of hydrogen-bond acceptors (Lipinski definition) is 3. The van der Waals surface area contributed by atoms with Gasteiger partial charge < -0.3 is 9.64 Å². The number of nitrogens with one attached hydrogen (secondary N) is 1. The first-order valence-electron chi connectivity index (χ1n) is 8.75. The maximum Gasteiger partial charge on any atom is 0.253 e. The molecule has 0 saturated carbocycles. The molecule has 1 amide bonds. The van der Waals surface area contributed by atoms with Crippen molar-refractivity contribution in [3.8, 4) is 28.3 Å². The number of benzene rings is 2. The summed E-state index contributed by atoms with van der Waals surface area (Å²) in [4.78, 5) is 14.2. The molecule has 0 saturated heterocycles. The van der Waals surface area contributed by atoms with E-state index in [1.165, 1.54) is 0 Å². The molecule has 0 fully saturated rings. The highest BCUT2D eigenvalue weighted by molar-refractivity contribution is 5.94. The molecule has 0 atom stereocenters. The zero-order valence-electron chi connectivity index (χ0n) is 15.3. The van der Waals surface area contributed by atoms with E-state index in [0.717, 1.165) is 28.3 Å². The van der Waals surface area contributed by atoms with Crippen molar-refractivity contribution >= 4 is 5.91 Å². The van der Waals surface area contributed by atoms with Gasteiger partial charge in [0.2, 0.25) is 0 Å². The maximum atomic E-state index is 12.4. The standard InChI is InChI=1S/C21H23N3O2/c1-4-24(5-2)21(25)16-11-9-15(10-12-16)19-14-20(23-22-19)17-7-6-8-18(13-17)26-3/h6-14H,4-5H2,1-3H3,(H,22,23). The lowest BCUT2D eigenvalue weighted by Gasteiger charge is -2.18. The third-order valence-corrected chi connectivity index (χ3v) is 4.44. The van der Waals surface area contributed by atoms with Crippen LogP contribution in [0.25, 0.3) is 22.5 Å². The first-order valence-corrected chi connectivity index (χ1v) is 8.75. The Hall–Kier alpha value is -3.08. The topological polar surface area (TPSA) is 58.2 Å². The molecule has 2 aromatic carbocycles. The van der Waals surface area contributed by atoms with Crippen molar-refractivity contribution in [3.05, 3.63) is 60.2 Å².